The molecule has 0 bridgehead atoms. The molecule has 168 valence electrons. The summed E-state index contributed by atoms with van der Waals surface area (Å²) >= 11 is 0. The van der Waals surface area contributed by atoms with Gasteiger partial charge in [-0.25, -0.2) is 8.42 Å². The lowest BCUT2D eigenvalue weighted by atomic mass is 10.2. The zero-order valence-electron chi connectivity index (χ0n) is 17.5. The second-order valence-electron chi connectivity index (χ2n) is 6.28. The highest BCUT2D eigenvalue weighted by Crippen LogP contribution is 2.25. The number of carbonyl (C=O) groups excluding carboxylic acids is 2. The zero-order valence-corrected chi connectivity index (χ0v) is 18.3. The number of ether oxygens (including phenoxy) is 4. The Kier molecular flexibility index (Phi) is 8.22. The second-order valence-corrected chi connectivity index (χ2v) is 7.99. The van der Waals surface area contributed by atoms with E-state index in [0.29, 0.717) is 22.9 Å². The summed E-state index contributed by atoms with van der Waals surface area (Å²) in [6, 6.07) is 9.19. The molecule has 1 atom stereocenters. The lowest BCUT2D eigenvalue weighted by Crippen LogP contribution is -2.40. The number of benzene rings is 2. The quantitative estimate of drug-likeness (QED) is 0.520. The van der Waals surface area contributed by atoms with Gasteiger partial charge in [-0.1, -0.05) is 0 Å². The van der Waals surface area contributed by atoms with Crippen molar-refractivity contribution in [3.63, 3.8) is 0 Å². The minimum atomic E-state index is -3.97. The van der Waals surface area contributed by atoms with Crippen LogP contribution in [-0.4, -0.2) is 54.3 Å². The zero-order chi connectivity index (χ0) is 23.0. The Hall–Kier alpha value is -3.31. The molecule has 31 heavy (non-hydrogen) atoms. The molecule has 11 heteroatoms. The van der Waals surface area contributed by atoms with Gasteiger partial charge >= 0.3 is 5.97 Å². The predicted octanol–water partition coefficient (Wildman–Crippen LogP) is 1.56. The van der Waals surface area contributed by atoms with Crippen LogP contribution in [0.3, 0.4) is 0 Å². The monoisotopic (exact) mass is 452 g/mol. The summed E-state index contributed by atoms with van der Waals surface area (Å²) in [5.74, 6) is -0.100. The molecule has 2 N–H and O–H groups in total. The van der Waals surface area contributed by atoms with E-state index >= 15 is 0 Å². The lowest BCUT2D eigenvalue weighted by Gasteiger charge is -2.14. The highest BCUT2D eigenvalue weighted by atomic mass is 32.2. The average Bonchev–Trinajstić information content (AvgIpc) is 2.76. The van der Waals surface area contributed by atoms with Gasteiger partial charge in [0.1, 0.15) is 23.3 Å². The van der Waals surface area contributed by atoms with Gasteiger partial charge in [-0.3, -0.25) is 9.59 Å². The number of carbonyl (C=O) groups is 2. The van der Waals surface area contributed by atoms with Crippen LogP contribution in [0.5, 0.6) is 17.2 Å². The minimum Gasteiger partial charge on any atom is -0.497 e. The first kappa shape index (κ1) is 24.0. The van der Waals surface area contributed by atoms with E-state index < -0.39 is 34.5 Å². The van der Waals surface area contributed by atoms with Crippen molar-refractivity contribution in [3.05, 3.63) is 42.5 Å². The standard InChI is InChI=1S/C20H24N2O8S/c1-13(22-31(25,26)18-7-5-15(27-2)6-8-18)20(24)30-12-19(23)21-14-9-16(28-3)11-17(10-14)29-4/h5-11,13,22H,12H2,1-4H3,(H,21,23). The molecule has 0 spiro atoms. The molecule has 0 aliphatic heterocycles. The van der Waals surface area contributed by atoms with Gasteiger partial charge in [0, 0.05) is 23.9 Å². The van der Waals surface area contributed by atoms with Crippen molar-refractivity contribution in [2.45, 2.75) is 17.9 Å². The highest BCUT2D eigenvalue weighted by molar-refractivity contribution is 7.89. The van der Waals surface area contributed by atoms with E-state index in [1.165, 1.54) is 52.5 Å². The van der Waals surface area contributed by atoms with Gasteiger partial charge in [0.2, 0.25) is 10.0 Å². The van der Waals surface area contributed by atoms with Crippen LogP contribution in [0.2, 0.25) is 0 Å². The molecule has 0 radical (unpaired) electrons. The van der Waals surface area contributed by atoms with E-state index in [2.05, 4.69) is 10.0 Å². The topological polar surface area (TPSA) is 129 Å². The molecular formula is C20H24N2O8S. The van der Waals surface area contributed by atoms with E-state index in [1.54, 1.807) is 18.2 Å². The van der Waals surface area contributed by atoms with Crippen LogP contribution >= 0.6 is 0 Å². The number of nitrogens with one attached hydrogen (secondary N) is 2. The third-order valence-corrected chi connectivity index (χ3v) is 5.59. The van der Waals surface area contributed by atoms with Crippen molar-refractivity contribution in [3.8, 4) is 17.2 Å². The third-order valence-electron chi connectivity index (χ3n) is 4.04. The van der Waals surface area contributed by atoms with Gasteiger partial charge in [0.25, 0.3) is 5.91 Å². The number of esters is 1. The summed E-state index contributed by atoms with van der Waals surface area (Å²) in [5, 5.41) is 2.54. The van der Waals surface area contributed by atoms with Crippen molar-refractivity contribution in [2.75, 3.05) is 33.3 Å². The first-order valence-electron chi connectivity index (χ1n) is 9.04. The summed E-state index contributed by atoms with van der Waals surface area (Å²) < 4.78 is 47.1. The molecule has 1 unspecified atom stereocenters. The van der Waals surface area contributed by atoms with Crippen LogP contribution < -0.4 is 24.2 Å². The van der Waals surface area contributed by atoms with Crippen LogP contribution in [0.4, 0.5) is 5.69 Å². The molecule has 2 rings (SSSR count). The Morgan fingerprint density at radius 3 is 1.97 bits per heavy atom. The SMILES string of the molecule is COc1ccc(S(=O)(=O)NC(C)C(=O)OCC(=O)Nc2cc(OC)cc(OC)c2)cc1. The van der Waals surface area contributed by atoms with Crippen LogP contribution in [0.25, 0.3) is 0 Å². The van der Waals surface area contributed by atoms with Crippen molar-refractivity contribution < 1.29 is 37.0 Å². The summed E-state index contributed by atoms with van der Waals surface area (Å²) in [6.45, 7) is 0.710. The van der Waals surface area contributed by atoms with E-state index in [0.717, 1.165) is 0 Å². The lowest BCUT2D eigenvalue weighted by molar-refractivity contribution is -0.148. The Morgan fingerprint density at radius 1 is 0.903 bits per heavy atom. The second kappa shape index (κ2) is 10.6. The maximum Gasteiger partial charge on any atom is 0.324 e. The molecule has 0 aromatic heterocycles. The molecular weight excluding hydrogens is 428 g/mol. The Bertz CT molecular complexity index is 1000. The fraction of sp³-hybridized carbons (Fsp3) is 0.300. The normalized spacial score (nSPS) is 11.9. The molecule has 10 nitrogen and oxygen atoms in total. The van der Waals surface area contributed by atoms with Crippen molar-refractivity contribution in [1.29, 1.82) is 0 Å². The molecule has 1 amide bonds. The van der Waals surface area contributed by atoms with Crippen LogP contribution in [0.15, 0.2) is 47.4 Å². The molecule has 0 heterocycles. The number of methoxy groups -OCH3 is 3. The van der Waals surface area contributed by atoms with Gasteiger partial charge < -0.3 is 24.3 Å². The maximum absolute atomic E-state index is 12.4. The Labute approximate surface area is 180 Å². The first-order valence-corrected chi connectivity index (χ1v) is 10.5. The average molecular weight is 452 g/mol. The first-order chi connectivity index (χ1) is 14.7. The summed E-state index contributed by atoms with van der Waals surface area (Å²) in [7, 11) is 0.430. The minimum absolute atomic E-state index is 0.0438. The molecule has 0 saturated heterocycles. The van der Waals surface area contributed by atoms with E-state index in [4.69, 9.17) is 18.9 Å². The van der Waals surface area contributed by atoms with Crippen LogP contribution in [-0.2, 0) is 24.3 Å². The summed E-state index contributed by atoms with van der Waals surface area (Å²) in [4.78, 5) is 24.2. The van der Waals surface area contributed by atoms with Gasteiger partial charge in [-0.05, 0) is 31.2 Å². The third kappa shape index (κ3) is 6.86. The van der Waals surface area contributed by atoms with Gasteiger partial charge in [-0.15, -0.1) is 0 Å². The molecule has 0 aliphatic rings. The largest absolute Gasteiger partial charge is 0.497 e. The Balaban J connectivity index is 1.91. The number of rotatable bonds is 10. The molecule has 0 fully saturated rings. The van der Waals surface area contributed by atoms with Gasteiger partial charge in [-0.2, -0.15) is 4.72 Å². The number of sulfonamides is 1. The van der Waals surface area contributed by atoms with Crippen molar-refractivity contribution >= 4 is 27.6 Å². The van der Waals surface area contributed by atoms with Crippen molar-refractivity contribution in [2.24, 2.45) is 0 Å². The molecule has 0 saturated carbocycles. The molecule has 0 aliphatic carbocycles. The van der Waals surface area contributed by atoms with Crippen LogP contribution in [0.1, 0.15) is 6.92 Å². The number of hydrogen-bond donors (Lipinski definition) is 2. The van der Waals surface area contributed by atoms with E-state index in [-0.39, 0.29) is 4.90 Å². The number of hydrogen-bond acceptors (Lipinski definition) is 8. The summed E-state index contributed by atoms with van der Waals surface area (Å²) in [5.41, 5.74) is 0.380. The molecule has 2 aromatic rings. The predicted molar refractivity (Wildman–Crippen MR) is 112 cm³/mol. The van der Waals surface area contributed by atoms with Gasteiger partial charge in [0.15, 0.2) is 6.61 Å². The smallest absolute Gasteiger partial charge is 0.324 e. The highest BCUT2D eigenvalue weighted by Gasteiger charge is 2.24. The fourth-order valence-electron chi connectivity index (χ4n) is 2.44. The molecule has 2 aromatic carbocycles. The Morgan fingerprint density at radius 2 is 1.45 bits per heavy atom. The van der Waals surface area contributed by atoms with Gasteiger partial charge in [0.05, 0.1) is 26.2 Å². The number of amides is 1. The van der Waals surface area contributed by atoms with E-state index in [1.807, 2.05) is 0 Å². The van der Waals surface area contributed by atoms with Crippen LogP contribution in [0, 0.1) is 0 Å². The van der Waals surface area contributed by atoms with Crippen molar-refractivity contribution in [1.82, 2.24) is 4.72 Å². The fourth-order valence-corrected chi connectivity index (χ4v) is 3.63. The maximum atomic E-state index is 12.4. The number of anilines is 1. The summed E-state index contributed by atoms with van der Waals surface area (Å²) in [6.07, 6.45) is 0. The van der Waals surface area contributed by atoms with E-state index in [9.17, 15) is 18.0 Å².